The molecule has 4 rings (SSSR count). The first-order chi connectivity index (χ1) is 11.2. The second-order valence-electron chi connectivity index (χ2n) is 5.75. The zero-order valence-electron chi connectivity index (χ0n) is 13.1. The SMILES string of the molecule is COc1ccc2c(C3(Cn4ccnc4)OCC(C)O3)occ2c1. The van der Waals surface area contributed by atoms with Gasteiger partial charge >= 0.3 is 0 Å². The van der Waals surface area contributed by atoms with Crippen LogP contribution in [-0.4, -0.2) is 29.4 Å². The summed E-state index contributed by atoms with van der Waals surface area (Å²) in [7, 11) is 1.65. The maximum absolute atomic E-state index is 6.14. The van der Waals surface area contributed by atoms with Gasteiger partial charge in [-0.1, -0.05) is 0 Å². The van der Waals surface area contributed by atoms with E-state index in [9.17, 15) is 0 Å². The molecular weight excluding hydrogens is 296 g/mol. The molecule has 0 aliphatic carbocycles. The summed E-state index contributed by atoms with van der Waals surface area (Å²) >= 11 is 0. The highest BCUT2D eigenvalue weighted by molar-refractivity contribution is 5.86. The summed E-state index contributed by atoms with van der Waals surface area (Å²) < 4.78 is 25.2. The molecule has 1 aliphatic rings. The van der Waals surface area contributed by atoms with Crippen molar-refractivity contribution in [3.8, 4) is 5.75 Å². The van der Waals surface area contributed by atoms with Crippen LogP contribution in [0.25, 0.3) is 10.8 Å². The van der Waals surface area contributed by atoms with Crippen molar-refractivity contribution >= 4 is 10.8 Å². The molecular formula is C17H18N2O4. The van der Waals surface area contributed by atoms with Crippen LogP contribution < -0.4 is 4.74 Å². The lowest BCUT2D eigenvalue weighted by molar-refractivity contribution is -0.196. The average Bonchev–Trinajstić information content (AvgIpc) is 3.27. The predicted octanol–water partition coefficient (Wildman–Crippen LogP) is 2.93. The van der Waals surface area contributed by atoms with Crippen molar-refractivity contribution in [3.05, 3.63) is 48.9 Å². The van der Waals surface area contributed by atoms with E-state index in [2.05, 4.69) is 4.98 Å². The highest BCUT2D eigenvalue weighted by atomic mass is 16.8. The highest BCUT2D eigenvalue weighted by Crippen LogP contribution is 2.41. The summed E-state index contributed by atoms with van der Waals surface area (Å²) in [5.74, 6) is 0.513. The lowest BCUT2D eigenvalue weighted by Gasteiger charge is -2.26. The van der Waals surface area contributed by atoms with E-state index in [0.29, 0.717) is 18.9 Å². The van der Waals surface area contributed by atoms with Gasteiger partial charge in [0.05, 0.1) is 39.0 Å². The van der Waals surface area contributed by atoms with E-state index in [1.165, 1.54) is 0 Å². The summed E-state index contributed by atoms with van der Waals surface area (Å²) in [6, 6.07) is 5.81. The fraction of sp³-hybridized carbons (Fsp3) is 0.353. The van der Waals surface area contributed by atoms with Gasteiger partial charge in [-0.2, -0.15) is 0 Å². The van der Waals surface area contributed by atoms with Crippen LogP contribution in [-0.2, 0) is 21.8 Å². The summed E-state index contributed by atoms with van der Waals surface area (Å²) in [5, 5.41) is 1.91. The van der Waals surface area contributed by atoms with Crippen LogP contribution in [0.3, 0.4) is 0 Å². The zero-order chi connectivity index (χ0) is 15.9. The molecule has 3 aromatic rings. The molecule has 6 nitrogen and oxygen atoms in total. The molecule has 1 saturated heterocycles. The first-order valence-corrected chi connectivity index (χ1v) is 7.53. The van der Waals surface area contributed by atoms with Gasteiger partial charge in [0, 0.05) is 23.2 Å². The number of ether oxygens (including phenoxy) is 3. The highest BCUT2D eigenvalue weighted by Gasteiger charge is 2.46. The van der Waals surface area contributed by atoms with Gasteiger partial charge in [-0.15, -0.1) is 0 Å². The molecule has 0 saturated carbocycles. The van der Waals surface area contributed by atoms with Crippen LogP contribution in [0.1, 0.15) is 12.7 Å². The van der Waals surface area contributed by atoms with Crippen LogP contribution in [0.4, 0.5) is 0 Å². The number of aromatic nitrogens is 2. The van der Waals surface area contributed by atoms with Crippen molar-refractivity contribution in [2.45, 2.75) is 25.4 Å². The van der Waals surface area contributed by atoms with Crippen molar-refractivity contribution in [2.75, 3.05) is 13.7 Å². The topological polar surface area (TPSA) is 58.7 Å². The first kappa shape index (κ1) is 14.3. The molecule has 0 amide bonds. The van der Waals surface area contributed by atoms with Crippen molar-refractivity contribution in [3.63, 3.8) is 0 Å². The van der Waals surface area contributed by atoms with Crippen molar-refractivity contribution in [1.82, 2.24) is 9.55 Å². The first-order valence-electron chi connectivity index (χ1n) is 7.53. The molecule has 1 aliphatic heterocycles. The molecule has 2 unspecified atom stereocenters. The molecule has 3 heterocycles. The average molecular weight is 314 g/mol. The minimum absolute atomic E-state index is 0.00285. The van der Waals surface area contributed by atoms with Gasteiger partial charge < -0.3 is 23.2 Å². The molecule has 2 aromatic heterocycles. The Morgan fingerprint density at radius 2 is 2.35 bits per heavy atom. The largest absolute Gasteiger partial charge is 0.497 e. The van der Waals surface area contributed by atoms with Gasteiger partial charge in [-0.25, -0.2) is 4.98 Å². The number of hydrogen-bond acceptors (Lipinski definition) is 5. The molecule has 6 heteroatoms. The lowest BCUT2D eigenvalue weighted by atomic mass is 10.1. The van der Waals surface area contributed by atoms with E-state index >= 15 is 0 Å². The second-order valence-corrected chi connectivity index (χ2v) is 5.75. The molecule has 120 valence electrons. The number of furan rings is 1. The number of benzene rings is 1. The van der Waals surface area contributed by atoms with Crippen LogP contribution in [0.5, 0.6) is 5.75 Å². The number of hydrogen-bond donors (Lipinski definition) is 0. The number of rotatable bonds is 4. The van der Waals surface area contributed by atoms with Crippen LogP contribution in [0, 0.1) is 0 Å². The summed E-state index contributed by atoms with van der Waals surface area (Å²) in [5.41, 5.74) is 0. The molecule has 23 heavy (non-hydrogen) atoms. The fourth-order valence-corrected chi connectivity index (χ4v) is 2.99. The summed E-state index contributed by atoms with van der Waals surface area (Å²) in [6.45, 7) is 2.99. The van der Waals surface area contributed by atoms with Crippen molar-refractivity contribution in [2.24, 2.45) is 0 Å². The van der Waals surface area contributed by atoms with Gasteiger partial charge in [0.1, 0.15) is 5.75 Å². The Labute approximate surface area is 133 Å². The molecule has 0 bridgehead atoms. The third-order valence-electron chi connectivity index (χ3n) is 4.05. The monoisotopic (exact) mass is 314 g/mol. The van der Waals surface area contributed by atoms with E-state index in [1.807, 2.05) is 35.9 Å². The molecule has 0 N–H and O–H groups in total. The Morgan fingerprint density at radius 3 is 3.04 bits per heavy atom. The maximum Gasteiger partial charge on any atom is 0.248 e. The van der Waals surface area contributed by atoms with E-state index in [-0.39, 0.29) is 6.10 Å². The van der Waals surface area contributed by atoms with E-state index < -0.39 is 5.79 Å². The van der Waals surface area contributed by atoms with Crippen LogP contribution in [0.2, 0.25) is 0 Å². The third-order valence-corrected chi connectivity index (χ3v) is 4.05. The fourth-order valence-electron chi connectivity index (χ4n) is 2.99. The van der Waals surface area contributed by atoms with Crippen molar-refractivity contribution < 1.29 is 18.6 Å². The Hall–Kier alpha value is -2.31. The van der Waals surface area contributed by atoms with Gasteiger partial charge in [0.2, 0.25) is 5.79 Å². The predicted molar refractivity (Wildman–Crippen MR) is 83.2 cm³/mol. The smallest absolute Gasteiger partial charge is 0.248 e. The third kappa shape index (κ3) is 2.40. The van der Waals surface area contributed by atoms with Gasteiger partial charge in [0.25, 0.3) is 0 Å². The number of nitrogens with zero attached hydrogens (tertiary/aromatic N) is 2. The Morgan fingerprint density at radius 1 is 1.43 bits per heavy atom. The molecule has 2 atom stereocenters. The minimum atomic E-state index is -0.948. The maximum atomic E-state index is 6.14. The molecule has 1 aromatic carbocycles. The second kappa shape index (κ2) is 5.40. The molecule has 0 radical (unpaired) electrons. The number of imidazole rings is 1. The molecule has 1 fully saturated rings. The van der Waals surface area contributed by atoms with Gasteiger partial charge in [0.15, 0.2) is 5.76 Å². The minimum Gasteiger partial charge on any atom is -0.497 e. The van der Waals surface area contributed by atoms with E-state index in [0.717, 1.165) is 16.5 Å². The van der Waals surface area contributed by atoms with Crippen LogP contribution >= 0.6 is 0 Å². The zero-order valence-corrected chi connectivity index (χ0v) is 13.1. The summed E-state index contributed by atoms with van der Waals surface area (Å²) in [4.78, 5) is 4.09. The summed E-state index contributed by atoms with van der Waals surface area (Å²) in [6.07, 6.45) is 7.06. The van der Waals surface area contributed by atoms with Crippen LogP contribution in [0.15, 0.2) is 47.6 Å². The number of fused-ring (bicyclic) bond motifs is 1. The molecule has 0 spiro atoms. The van der Waals surface area contributed by atoms with Gasteiger partial charge in [-0.05, 0) is 25.1 Å². The normalized spacial score (nSPS) is 24.3. The quantitative estimate of drug-likeness (QED) is 0.741. The Balaban J connectivity index is 1.80. The van der Waals surface area contributed by atoms with Gasteiger partial charge in [-0.3, -0.25) is 0 Å². The van der Waals surface area contributed by atoms with E-state index in [1.54, 1.807) is 25.9 Å². The lowest BCUT2D eigenvalue weighted by Crippen LogP contribution is -2.32. The van der Waals surface area contributed by atoms with Crippen molar-refractivity contribution in [1.29, 1.82) is 0 Å². The Kier molecular flexibility index (Phi) is 3.36. The van der Waals surface area contributed by atoms with E-state index in [4.69, 9.17) is 18.6 Å². The standard InChI is InChI=1S/C17H18N2O4/c1-12-8-22-17(23-12,10-19-6-5-18-11-19)16-15-4-3-14(20-2)7-13(15)9-21-16/h3-7,9,11-12H,8,10H2,1-2H3. The number of methoxy groups -OCH3 is 1. The Bertz CT molecular complexity index is 811.